The zero-order valence-corrected chi connectivity index (χ0v) is 10.9. The lowest BCUT2D eigenvalue weighted by Crippen LogP contribution is -2.24. The van der Waals surface area contributed by atoms with E-state index in [1.165, 1.54) is 18.2 Å². The van der Waals surface area contributed by atoms with E-state index >= 15 is 0 Å². The van der Waals surface area contributed by atoms with Gasteiger partial charge in [0, 0.05) is 18.9 Å². The maximum Gasteiger partial charge on any atom is 0.216 e. The summed E-state index contributed by atoms with van der Waals surface area (Å²) in [5.74, 6) is -0.683. The fourth-order valence-electron chi connectivity index (χ4n) is 1.59. The molecule has 0 aliphatic heterocycles. The number of benzene rings is 1. The number of halogens is 1. The number of nitrogens with zero attached hydrogens (tertiary/aromatic N) is 1. The van der Waals surface area contributed by atoms with Gasteiger partial charge in [0.15, 0.2) is 0 Å². The number of hydrogen-bond donors (Lipinski definition) is 1. The van der Waals surface area contributed by atoms with E-state index < -0.39 is 15.8 Å². The molecule has 0 saturated heterocycles. The number of hydrogen-bond acceptors (Lipinski definition) is 3. The van der Waals surface area contributed by atoms with Gasteiger partial charge in [0.25, 0.3) is 0 Å². The van der Waals surface area contributed by atoms with Crippen molar-refractivity contribution in [3.05, 3.63) is 65.7 Å². The predicted molar refractivity (Wildman–Crippen MR) is 70.1 cm³/mol. The van der Waals surface area contributed by atoms with E-state index in [4.69, 9.17) is 0 Å². The van der Waals surface area contributed by atoms with E-state index in [9.17, 15) is 12.8 Å². The SMILES string of the molecule is O=S(=O)(Cc1cccc(F)c1)NCc1ccncc1. The lowest BCUT2D eigenvalue weighted by Gasteiger charge is -2.06. The smallest absolute Gasteiger partial charge is 0.216 e. The lowest BCUT2D eigenvalue weighted by atomic mass is 10.2. The first kappa shape index (κ1) is 13.6. The summed E-state index contributed by atoms with van der Waals surface area (Å²) in [7, 11) is -3.49. The minimum atomic E-state index is -3.49. The van der Waals surface area contributed by atoms with Gasteiger partial charge in [-0.05, 0) is 35.4 Å². The van der Waals surface area contributed by atoms with Crippen LogP contribution in [-0.2, 0) is 22.3 Å². The van der Waals surface area contributed by atoms with E-state index in [1.807, 2.05) is 0 Å². The second-order valence-corrected chi connectivity index (χ2v) is 5.87. The van der Waals surface area contributed by atoms with Crippen LogP contribution in [-0.4, -0.2) is 13.4 Å². The first-order chi connectivity index (χ1) is 9.05. The first-order valence-electron chi connectivity index (χ1n) is 5.66. The summed E-state index contributed by atoms with van der Waals surface area (Å²) in [6, 6.07) is 9.01. The van der Waals surface area contributed by atoms with Crippen LogP contribution in [0, 0.1) is 5.82 Å². The van der Waals surface area contributed by atoms with Gasteiger partial charge in [0.05, 0.1) is 5.75 Å². The summed E-state index contributed by atoms with van der Waals surface area (Å²) in [5.41, 5.74) is 1.24. The fraction of sp³-hybridized carbons (Fsp3) is 0.154. The van der Waals surface area contributed by atoms with Crippen LogP contribution >= 0.6 is 0 Å². The van der Waals surface area contributed by atoms with Crippen LogP contribution in [0.5, 0.6) is 0 Å². The van der Waals surface area contributed by atoms with Gasteiger partial charge in [0.1, 0.15) is 5.82 Å². The maximum atomic E-state index is 13.0. The molecule has 19 heavy (non-hydrogen) atoms. The average molecular weight is 280 g/mol. The molecule has 6 heteroatoms. The molecule has 100 valence electrons. The van der Waals surface area contributed by atoms with Crippen molar-refractivity contribution in [3.8, 4) is 0 Å². The third-order valence-electron chi connectivity index (χ3n) is 2.49. The van der Waals surface area contributed by atoms with Crippen molar-refractivity contribution in [2.24, 2.45) is 0 Å². The Hall–Kier alpha value is -1.79. The Balaban J connectivity index is 1.99. The summed E-state index contributed by atoms with van der Waals surface area (Å²) in [6.07, 6.45) is 3.19. The molecular formula is C13H13FN2O2S. The van der Waals surface area contributed by atoms with Crippen LogP contribution in [0.1, 0.15) is 11.1 Å². The quantitative estimate of drug-likeness (QED) is 0.909. The van der Waals surface area contributed by atoms with Crippen LogP contribution in [0.15, 0.2) is 48.8 Å². The summed E-state index contributed by atoms with van der Waals surface area (Å²) in [4.78, 5) is 3.85. The Morgan fingerprint density at radius 3 is 2.53 bits per heavy atom. The normalized spacial score (nSPS) is 11.4. The largest absolute Gasteiger partial charge is 0.265 e. The van der Waals surface area contributed by atoms with Gasteiger partial charge in [0.2, 0.25) is 10.0 Å². The summed E-state index contributed by atoms with van der Waals surface area (Å²) in [5, 5.41) is 0. The van der Waals surface area contributed by atoms with E-state index in [0.717, 1.165) is 5.56 Å². The molecule has 2 aromatic rings. The molecule has 0 spiro atoms. The van der Waals surface area contributed by atoms with Crippen molar-refractivity contribution >= 4 is 10.0 Å². The number of rotatable bonds is 5. The van der Waals surface area contributed by atoms with Crippen LogP contribution < -0.4 is 4.72 Å². The van der Waals surface area contributed by atoms with Crippen molar-refractivity contribution in [1.82, 2.24) is 9.71 Å². The van der Waals surface area contributed by atoms with Crippen molar-refractivity contribution in [2.45, 2.75) is 12.3 Å². The van der Waals surface area contributed by atoms with Gasteiger partial charge in [-0.3, -0.25) is 4.98 Å². The van der Waals surface area contributed by atoms with E-state index in [1.54, 1.807) is 30.6 Å². The highest BCUT2D eigenvalue weighted by Crippen LogP contribution is 2.08. The monoisotopic (exact) mass is 280 g/mol. The molecule has 1 heterocycles. The van der Waals surface area contributed by atoms with Gasteiger partial charge in [-0.25, -0.2) is 17.5 Å². The Kier molecular flexibility index (Phi) is 4.24. The van der Waals surface area contributed by atoms with Crippen LogP contribution in [0.25, 0.3) is 0 Å². The molecular weight excluding hydrogens is 267 g/mol. The van der Waals surface area contributed by atoms with Crippen LogP contribution in [0.2, 0.25) is 0 Å². The highest BCUT2D eigenvalue weighted by Gasteiger charge is 2.11. The zero-order chi connectivity index (χ0) is 13.7. The number of nitrogens with one attached hydrogen (secondary N) is 1. The predicted octanol–water partition coefficient (Wildman–Crippen LogP) is 1.84. The van der Waals surface area contributed by atoms with Crippen LogP contribution in [0.4, 0.5) is 4.39 Å². The summed E-state index contributed by atoms with van der Waals surface area (Å²) >= 11 is 0. The number of aromatic nitrogens is 1. The molecule has 1 N–H and O–H groups in total. The molecule has 0 fully saturated rings. The van der Waals surface area contributed by atoms with Crippen LogP contribution in [0.3, 0.4) is 0 Å². The fourth-order valence-corrected chi connectivity index (χ4v) is 2.70. The average Bonchev–Trinajstić information content (AvgIpc) is 2.37. The molecule has 2 rings (SSSR count). The molecule has 0 radical (unpaired) electrons. The second-order valence-electron chi connectivity index (χ2n) is 4.07. The Labute approximate surface area is 111 Å². The minimum Gasteiger partial charge on any atom is -0.265 e. The van der Waals surface area contributed by atoms with Gasteiger partial charge in [-0.2, -0.15) is 0 Å². The third-order valence-corrected chi connectivity index (χ3v) is 3.79. The molecule has 0 aliphatic carbocycles. The summed E-state index contributed by atoms with van der Waals surface area (Å²) in [6.45, 7) is 0.195. The molecule has 0 atom stereocenters. The van der Waals surface area contributed by atoms with Crippen molar-refractivity contribution < 1.29 is 12.8 Å². The third kappa shape index (κ3) is 4.42. The second kappa shape index (κ2) is 5.90. The van der Waals surface area contributed by atoms with Gasteiger partial charge >= 0.3 is 0 Å². The van der Waals surface area contributed by atoms with Crippen molar-refractivity contribution in [1.29, 1.82) is 0 Å². The molecule has 4 nitrogen and oxygen atoms in total. The Morgan fingerprint density at radius 1 is 1.11 bits per heavy atom. The number of sulfonamides is 1. The molecule has 0 saturated carbocycles. The highest BCUT2D eigenvalue weighted by molar-refractivity contribution is 7.88. The van der Waals surface area contributed by atoms with E-state index in [0.29, 0.717) is 5.56 Å². The van der Waals surface area contributed by atoms with Crippen molar-refractivity contribution in [3.63, 3.8) is 0 Å². The molecule has 0 unspecified atom stereocenters. The van der Waals surface area contributed by atoms with Gasteiger partial charge in [-0.1, -0.05) is 12.1 Å². The molecule has 0 amide bonds. The van der Waals surface area contributed by atoms with Crippen molar-refractivity contribution in [2.75, 3.05) is 0 Å². The topological polar surface area (TPSA) is 59.1 Å². The summed E-state index contributed by atoms with van der Waals surface area (Å²) < 4.78 is 39.1. The lowest BCUT2D eigenvalue weighted by molar-refractivity contribution is 0.580. The zero-order valence-electron chi connectivity index (χ0n) is 10.1. The van der Waals surface area contributed by atoms with E-state index in [-0.39, 0.29) is 12.3 Å². The standard InChI is InChI=1S/C13H13FN2O2S/c14-13-3-1-2-12(8-13)10-19(17,18)16-9-11-4-6-15-7-5-11/h1-8,16H,9-10H2. The Morgan fingerprint density at radius 2 is 1.84 bits per heavy atom. The van der Waals surface area contributed by atoms with Gasteiger partial charge in [-0.15, -0.1) is 0 Å². The Bertz CT molecular complexity index is 645. The van der Waals surface area contributed by atoms with Gasteiger partial charge < -0.3 is 0 Å². The molecule has 1 aromatic carbocycles. The molecule has 0 aliphatic rings. The minimum absolute atomic E-state index is 0.195. The molecule has 0 bridgehead atoms. The highest BCUT2D eigenvalue weighted by atomic mass is 32.2. The first-order valence-corrected chi connectivity index (χ1v) is 7.31. The molecule has 1 aromatic heterocycles. The van der Waals surface area contributed by atoms with E-state index in [2.05, 4.69) is 9.71 Å². The maximum absolute atomic E-state index is 13.0. The number of pyridine rings is 1.